The third-order valence-corrected chi connectivity index (χ3v) is 2.19. The molecule has 1 unspecified atom stereocenters. The number of aliphatic hydroxyl groups is 1. The van der Waals surface area contributed by atoms with Gasteiger partial charge < -0.3 is 20.7 Å². The molecule has 0 rings (SSSR count). The molecule has 0 aromatic carbocycles. The molecule has 0 radical (unpaired) electrons. The molecule has 0 saturated heterocycles. The van der Waals surface area contributed by atoms with Crippen molar-refractivity contribution in [2.45, 2.75) is 51.9 Å². The highest BCUT2D eigenvalue weighted by molar-refractivity contribution is 6.04. The Morgan fingerprint density at radius 3 is 1.88 bits per heavy atom. The van der Waals surface area contributed by atoms with Crippen LogP contribution in [-0.4, -0.2) is 39.4 Å². The van der Waals surface area contributed by atoms with Gasteiger partial charge in [-0.2, -0.15) is 0 Å². The first-order valence-electron chi connectivity index (χ1n) is 5.36. The van der Waals surface area contributed by atoms with Crippen molar-refractivity contribution in [1.82, 2.24) is 0 Å². The fraction of sp³-hybridized carbons (Fsp3) is 0.818. The van der Waals surface area contributed by atoms with E-state index >= 15 is 0 Å². The zero-order chi connectivity index (χ0) is 14.0. The van der Waals surface area contributed by atoms with Crippen LogP contribution in [0.3, 0.4) is 0 Å². The molecule has 0 fully saturated rings. The van der Waals surface area contributed by atoms with Gasteiger partial charge >= 0.3 is 11.9 Å². The second-order valence-electron chi connectivity index (χ2n) is 5.36. The van der Waals surface area contributed by atoms with Crippen molar-refractivity contribution >= 4 is 11.9 Å². The summed E-state index contributed by atoms with van der Waals surface area (Å²) in [4.78, 5) is 22.9. The van der Waals surface area contributed by atoms with Crippen LogP contribution < -0.4 is 5.73 Å². The maximum Gasteiger partial charge on any atom is 0.341 e. The minimum atomic E-state index is -2.44. The summed E-state index contributed by atoms with van der Waals surface area (Å²) >= 11 is 0. The lowest BCUT2D eigenvalue weighted by Gasteiger charge is -2.33. The van der Waals surface area contributed by atoms with E-state index in [9.17, 15) is 14.7 Å². The molecule has 0 aromatic heterocycles. The van der Waals surface area contributed by atoms with Crippen molar-refractivity contribution in [3.05, 3.63) is 0 Å². The van der Waals surface area contributed by atoms with E-state index in [0.29, 0.717) is 0 Å². The van der Waals surface area contributed by atoms with Crippen LogP contribution in [0.2, 0.25) is 0 Å². The highest BCUT2D eigenvalue weighted by Gasteiger charge is 2.52. The Hall–Kier alpha value is -1.14. The lowest BCUT2D eigenvalue weighted by atomic mass is 9.86. The van der Waals surface area contributed by atoms with Crippen LogP contribution in [0.25, 0.3) is 0 Å². The number of ether oxygens (including phenoxy) is 1. The Bertz CT molecular complexity index is 307. The van der Waals surface area contributed by atoms with Crippen molar-refractivity contribution in [3.63, 3.8) is 0 Å². The summed E-state index contributed by atoms with van der Waals surface area (Å²) in [7, 11) is 0. The van der Waals surface area contributed by atoms with E-state index in [1.54, 1.807) is 34.6 Å². The third kappa shape index (κ3) is 3.67. The van der Waals surface area contributed by atoms with Gasteiger partial charge in [0.1, 0.15) is 5.60 Å². The summed E-state index contributed by atoms with van der Waals surface area (Å²) < 4.78 is 4.93. The summed E-state index contributed by atoms with van der Waals surface area (Å²) in [6.45, 7) is 7.91. The number of carboxylic acid groups (broad SMARTS) is 1. The Morgan fingerprint density at radius 1 is 1.24 bits per heavy atom. The van der Waals surface area contributed by atoms with E-state index in [2.05, 4.69) is 0 Å². The van der Waals surface area contributed by atoms with Crippen LogP contribution in [0.4, 0.5) is 0 Å². The summed E-state index contributed by atoms with van der Waals surface area (Å²) in [5.74, 6) is -3.23. The topological polar surface area (TPSA) is 110 Å². The Labute approximate surface area is 101 Å². The first-order chi connectivity index (χ1) is 7.43. The minimum absolute atomic E-state index is 0.483. The number of carbonyl (C=O) groups is 2. The summed E-state index contributed by atoms with van der Waals surface area (Å²) in [5, 5.41) is 18.8. The lowest BCUT2D eigenvalue weighted by Crippen LogP contribution is -2.65. The van der Waals surface area contributed by atoms with Crippen molar-refractivity contribution in [1.29, 1.82) is 0 Å². The number of hydrogen-bond donors (Lipinski definition) is 3. The van der Waals surface area contributed by atoms with Crippen molar-refractivity contribution in [2.75, 3.05) is 0 Å². The molecular formula is C11H21NO5. The van der Waals surface area contributed by atoms with Gasteiger partial charge in [-0.1, -0.05) is 13.8 Å². The number of hydrogen-bond acceptors (Lipinski definition) is 5. The van der Waals surface area contributed by atoms with Crippen LogP contribution in [0.1, 0.15) is 34.6 Å². The molecule has 2 atom stereocenters. The molecule has 0 spiro atoms. The lowest BCUT2D eigenvalue weighted by molar-refractivity contribution is -0.176. The fourth-order valence-electron chi connectivity index (χ4n) is 1.22. The van der Waals surface area contributed by atoms with Gasteiger partial charge in [-0.3, -0.25) is 0 Å². The molecule has 0 aromatic rings. The average molecular weight is 247 g/mol. The van der Waals surface area contributed by atoms with Crippen molar-refractivity contribution in [3.8, 4) is 0 Å². The zero-order valence-corrected chi connectivity index (χ0v) is 10.9. The Morgan fingerprint density at radius 2 is 1.65 bits per heavy atom. The molecule has 0 bridgehead atoms. The highest BCUT2D eigenvalue weighted by atomic mass is 16.6. The monoisotopic (exact) mass is 247 g/mol. The third-order valence-electron chi connectivity index (χ3n) is 2.19. The Kier molecular flexibility index (Phi) is 4.68. The average Bonchev–Trinajstić information content (AvgIpc) is 2.11. The predicted molar refractivity (Wildman–Crippen MR) is 61.2 cm³/mol. The van der Waals surface area contributed by atoms with Gasteiger partial charge in [0, 0.05) is 0 Å². The molecule has 4 N–H and O–H groups in total. The quantitative estimate of drug-likeness (QED) is 0.481. The van der Waals surface area contributed by atoms with Crippen LogP contribution in [-0.2, 0) is 14.3 Å². The van der Waals surface area contributed by atoms with Gasteiger partial charge in [-0.05, 0) is 26.7 Å². The van der Waals surface area contributed by atoms with E-state index in [-0.39, 0.29) is 0 Å². The number of nitrogens with two attached hydrogens (primary N) is 1. The molecule has 6 nitrogen and oxygen atoms in total. The number of esters is 1. The van der Waals surface area contributed by atoms with E-state index in [0.717, 1.165) is 0 Å². The van der Waals surface area contributed by atoms with E-state index in [1.807, 2.05) is 0 Å². The van der Waals surface area contributed by atoms with E-state index < -0.39 is 35.1 Å². The molecule has 0 aliphatic carbocycles. The van der Waals surface area contributed by atoms with Gasteiger partial charge in [0.2, 0.25) is 5.54 Å². The summed E-state index contributed by atoms with van der Waals surface area (Å²) in [6, 6.07) is 0. The molecule has 0 aliphatic rings. The number of rotatable bonds is 4. The summed E-state index contributed by atoms with van der Waals surface area (Å²) in [5.41, 5.74) is 2.20. The molecule has 17 heavy (non-hydrogen) atoms. The van der Waals surface area contributed by atoms with Gasteiger partial charge in [0.15, 0.2) is 0 Å². The number of aliphatic hydroxyl groups excluding tert-OH is 1. The molecule has 0 amide bonds. The predicted octanol–water partition coefficient (Wildman–Crippen LogP) is 0.127. The SMILES string of the molecule is CC(C)C(O)[C@](N)(C(=O)O)C(=O)OC(C)(C)C. The first kappa shape index (κ1) is 15.9. The van der Waals surface area contributed by atoms with Crippen molar-refractivity contribution in [2.24, 2.45) is 11.7 Å². The van der Waals surface area contributed by atoms with Crippen LogP contribution in [0.5, 0.6) is 0 Å². The maximum atomic E-state index is 11.8. The maximum absolute atomic E-state index is 11.8. The normalized spacial score (nSPS) is 17.4. The van der Waals surface area contributed by atoms with Gasteiger partial charge in [0.05, 0.1) is 6.10 Å². The number of carbonyl (C=O) groups excluding carboxylic acids is 1. The standard InChI is InChI=1S/C11H21NO5/c1-6(2)7(13)11(12,8(14)15)9(16)17-10(3,4)5/h6-7,13H,12H2,1-5H3,(H,14,15)/t7?,11-/m0/s1. The molecule has 0 heterocycles. The molecule has 0 saturated carbocycles. The first-order valence-corrected chi connectivity index (χ1v) is 5.36. The summed E-state index contributed by atoms with van der Waals surface area (Å²) in [6.07, 6.45) is -1.52. The van der Waals surface area contributed by atoms with Crippen LogP contribution in [0.15, 0.2) is 0 Å². The molecule has 100 valence electrons. The molecule has 6 heteroatoms. The zero-order valence-electron chi connectivity index (χ0n) is 10.9. The highest BCUT2D eigenvalue weighted by Crippen LogP contribution is 2.21. The minimum Gasteiger partial charge on any atom is -0.479 e. The van der Waals surface area contributed by atoms with E-state index in [4.69, 9.17) is 15.6 Å². The van der Waals surface area contributed by atoms with Gasteiger partial charge in [0.25, 0.3) is 0 Å². The van der Waals surface area contributed by atoms with Gasteiger partial charge in [-0.25, -0.2) is 9.59 Å². The van der Waals surface area contributed by atoms with Gasteiger partial charge in [-0.15, -0.1) is 0 Å². The largest absolute Gasteiger partial charge is 0.479 e. The fourth-order valence-corrected chi connectivity index (χ4v) is 1.22. The molecular weight excluding hydrogens is 226 g/mol. The smallest absolute Gasteiger partial charge is 0.341 e. The van der Waals surface area contributed by atoms with Crippen LogP contribution >= 0.6 is 0 Å². The molecule has 0 aliphatic heterocycles. The number of carboxylic acids is 1. The van der Waals surface area contributed by atoms with Crippen LogP contribution in [0, 0.1) is 5.92 Å². The number of aliphatic carboxylic acids is 1. The second-order valence-corrected chi connectivity index (χ2v) is 5.36. The van der Waals surface area contributed by atoms with E-state index in [1.165, 1.54) is 0 Å². The Balaban J connectivity index is 5.23. The van der Waals surface area contributed by atoms with Crippen molar-refractivity contribution < 1.29 is 24.5 Å². The second kappa shape index (κ2) is 5.01.